The van der Waals surface area contributed by atoms with Crippen LogP contribution in [0.25, 0.3) is 0 Å². The van der Waals surface area contributed by atoms with E-state index in [0.29, 0.717) is 5.56 Å². The van der Waals surface area contributed by atoms with Gasteiger partial charge in [0.25, 0.3) is 5.91 Å². The van der Waals surface area contributed by atoms with Crippen LogP contribution in [0.5, 0.6) is 0 Å². The Morgan fingerprint density at radius 3 is 2.37 bits per heavy atom. The van der Waals surface area contributed by atoms with E-state index in [1.165, 1.54) is 28.9 Å². The molecule has 0 aliphatic carbocycles. The van der Waals surface area contributed by atoms with E-state index in [4.69, 9.17) is 0 Å². The topological polar surface area (TPSA) is 107 Å². The molecule has 0 atom stereocenters. The van der Waals surface area contributed by atoms with Gasteiger partial charge in [0, 0.05) is 18.9 Å². The van der Waals surface area contributed by atoms with Gasteiger partial charge in [0.1, 0.15) is 0 Å². The molecule has 0 unspecified atom stereocenters. The van der Waals surface area contributed by atoms with Crippen LogP contribution < -0.4 is 5.32 Å². The van der Waals surface area contributed by atoms with Crippen molar-refractivity contribution in [3.8, 4) is 0 Å². The fraction of sp³-hybridized carbons (Fsp3) is 0.200. The molecule has 9 heteroatoms. The van der Waals surface area contributed by atoms with E-state index < -0.39 is 15.7 Å². The maximum Gasteiger partial charge on any atom is 0.258 e. The molecule has 0 saturated heterocycles. The Morgan fingerprint density at radius 1 is 1.26 bits per heavy atom. The van der Waals surface area contributed by atoms with Crippen LogP contribution in [0.15, 0.2) is 29.2 Å². The van der Waals surface area contributed by atoms with Crippen molar-refractivity contribution in [3.63, 3.8) is 0 Å². The van der Waals surface area contributed by atoms with E-state index in [1.54, 1.807) is 7.05 Å². The third kappa shape index (κ3) is 2.94. The number of carbonyl (C=O) groups is 1. The van der Waals surface area contributed by atoms with Gasteiger partial charge in [0.2, 0.25) is 5.95 Å². The van der Waals surface area contributed by atoms with E-state index in [2.05, 4.69) is 20.8 Å². The maximum absolute atomic E-state index is 11.9. The molecular weight excluding hydrogens is 270 g/mol. The predicted octanol–water partition coefficient (Wildman–Crippen LogP) is -0.134. The molecule has 100 valence electrons. The Hall–Kier alpha value is -2.29. The summed E-state index contributed by atoms with van der Waals surface area (Å²) in [5, 5.41) is 13.1. The zero-order valence-electron chi connectivity index (χ0n) is 10.2. The van der Waals surface area contributed by atoms with Gasteiger partial charge in [-0.05, 0) is 34.7 Å². The van der Waals surface area contributed by atoms with E-state index in [-0.39, 0.29) is 10.8 Å². The summed E-state index contributed by atoms with van der Waals surface area (Å²) < 4.78 is 23.9. The van der Waals surface area contributed by atoms with Gasteiger partial charge in [0.15, 0.2) is 9.84 Å². The fourth-order valence-corrected chi connectivity index (χ4v) is 1.99. The highest BCUT2D eigenvalue weighted by Gasteiger charge is 2.12. The molecule has 0 aliphatic heterocycles. The molecule has 1 N–H and O–H groups in total. The maximum atomic E-state index is 11.9. The quantitative estimate of drug-likeness (QED) is 0.839. The summed E-state index contributed by atoms with van der Waals surface area (Å²) in [7, 11) is -1.68. The van der Waals surface area contributed by atoms with Crippen LogP contribution in [0.3, 0.4) is 0 Å². The SMILES string of the molecule is Cn1nnnc1NC(=O)c1ccc(S(C)(=O)=O)cc1. The minimum absolute atomic E-state index is 0.157. The van der Waals surface area contributed by atoms with Gasteiger partial charge in [-0.15, -0.1) is 0 Å². The lowest BCUT2D eigenvalue weighted by atomic mass is 10.2. The molecule has 0 spiro atoms. The van der Waals surface area contributed by atoms with Gasteiger partial charge >= 0.3 is 0 Å². The average Bonchev–Trinajstić information content (AvgIpc) is 2.74. The Labute approximate surface area is 109 Å². The van der Waals surface area contributed by atoms with Gasteiger partial charge in [0.05, 0.1) is 4.90 Å². The zero-order valence-corrected chi connectivity index (χ0v) is 11.0. The monoisotopic (exact) mass is 281 g/mol. The summed E-state index contributed by atoms with van der Waals surface area (Å²) in [4.78, 5) is 12.0. The molecular formula is C10H11N5O3S. The lowest BCUT2D eigenvalue weighted by molar-refractivity contribution is 0.102. The molecule has 1 aromatic heterocycles. The minimum Gasteiger partial charge on any atom is -0.289 e. The molecule has 0 saturated carbocycles. The van der Waals surface area contributed by atoms with Crippen molar-refractivity contribution in [2.45, 2.75) is 4.90 Å². The highest BCUT2D eigenvalue weighted by molar-refractivity contribution is 7.90. The molecule has 2 aromatic rings. The van der Waals surface area contributed by atoms with Crippen molar-refractivity contribution >= 4 is 21.7 Å². The highest BCUT2D eigenvalue weighted by Crippen LogP contribution is 2.11. The van der Waals surface area contributed by atoms with E-state index in [9.17, 15) is 13.2 Å². The molecule has 1 heterocycles. The van der Waals surface area contributed by atoms with Gasteiger partial charge in [-0.3, -0.25) is 10.1 Å². The number of amides is 1. The number of tetrazole rings is 1. The predicted molar refractivity (Wildman–Crippen MR) is 66.3 cm³/mol. The third-order valence-corrected chi connectivity index (χ3v) is 3.52. The first-order valence-electron chi connectivity index (χ1n) is 5.22. The largest absolute Gasteiger partial charge is 0.289 e. The first-order valence-corrected chi connectivity index (χ1v) is 7.11. The number of benzene rings is 1. The summed E-state index contributed by atoms with van der Waals surface area (Å²) in [5.41, 5.74) is 0.315. The molecule has 1 amide bonds. The van der Waals surface area contributed by atoms with Crippen molar-refractivity contribution in [1.29, 1.82) is 0 Å². The lowest BCUT2D eigenvalue weighted by Gasteiger charge is -2.04. The Morgan fingerprint density at radius 2 is 1.89 bits per heavy atom. The fourth-order valence-electron chi connectivity index (χ4n) is 1.36. The zero-order chi connectivity index (χ0) is 14.0. The van der Waals surface area contributed by atoms with E-state index in [1.807, 2.05) is 0 Å². The van der Waals surface area contributed by atoms with Crippen LogP contribution in [0.2, 0.25) is 0 Å². The molecule has 19 heavy (non-hydrogen) atoms. The molecule has 0 radical (unpaired) electrons. The first-order chi connectivity index (χ1) is 8.88. The summed E-state index contributed by atoms with van der Waals surface area (Å²) >= 11 is 0. The molecule has 0 bridgehead atoms. The molecule has 0 aliphatic rings. The molecule has 0 fully saturated rings. The van der Waals surface area contributed by atoms with Crippen molar-refractivity contribution in [2.75, 3.05) is 11.6 Å². The van der Waals surface area contributed by atoms with Crippen molar-refractivity contribution in [1.82, 2.24) is 20.2 Å². The van der Waals surface area contributed by atoms with Gasteiger partial charge in [-0.1, -0.05) is 5.10 Å². The number of aromatic nitrogens is 4. The number of nitrogens with one attached hydrogen (secondary N) is 1. The number of hydrogen-bond donors (Lipinski definition) is 1. The Bertz CT molecular complexity index is 705. The molecule has 1 aromatic carbocycles. The van der Waals surface area contributed by atoms with Crippen LogP contribution in [0.4, 0.5) is 5.95 Å². The number of nitrogens with zero attached hydrogens (tertiary/aromatic N) is 4. The highest BCUT2D eigenvalue weighted by atomic mass is 32.2. The van der Waals surface area contributed by atoms with Gasteiger partial charge in [-0.25, -0.2) is 13.1 Å². The van der Waals surface area contributed by atoms with Crippen molar-refractivity contribution < 1.29 is 13.2 Å². The second-order valence-electron chi connectivity index (χ2n) is 3.88. The second-order valence-corrected chi connectivity index (χ2v) is 5.89. The number of aryl methyl sites for hydroxylation is 1. The van der Waals surface area contributed by atoms with E-state index in [0.717, 1.165) is 6.26 Å². The Balaban J connectivity index is 2.19. The summed E-state index contributed by atoms with van der Waals surface area (Å²) in [6.07, 6.45) is 1.10. The second kappa shape index (κ2) is 4.76. The normalized spacial score (nSPS) is 11.3. The van der Waals surface area contributed by atoms with Gasteiger partial charge < -0.3 is 0 Å². The summed E-state index contributed by atoms with van der Waals surface area (Å²) in [6, 6.07) is 5.60. The molecule has 2 rings (SSSR count). The standard InChI is InChI=1S/C10H11N5O3S/c1-15-10(12-13-14-15)11-9(16)7-3-5-8(6-4-7)19(2,17)18/h3-6H,1-2H3,(H,11,12,14,16). The summed E-state index contributed by atoms with van der Waals surface area (Å²) in [6.45, 7) is 0. The Kier molecular flexibility index (Phi) is 3.30. The third-order valence-electron chi connectivity index (χ3n) is 2.39. The van der Waals surface area contributed by atoms with Crippen LogP contribution in [0.1, 0.15) is 10.4 Å². The first kappa shape index (κ1) is 13.1. The van der Waals surface area contributed by atoms with Crippen LogP contribution in [0, 0.1) is 0 Å². The minimum atomic E-state index is -3.27. The van der Waals surface area contributed by atoms with E-state index >= 15 is 0 Å². The van der Waals surface area contributed by atoms with Crippen molar-refractivity contribution in [2.24, 2.45) is 7.05 Å². The van der Waals surface area contributed by atoms with Crippen LogP contribution in [-0.2, 0) is 16.9 Å². The van der Waals surface area contributed by atoms with Crippen molar-refractivity contribution in [3.05, 3.63) is 29.8 Å². The number of sulfone groups is 1. The summed E-state index contributed by atoms with van der Waals surface area (Å²) in [5.74, 6) is -0.213. The number of rotatable bonds is 3. The van der Waals surface area contributed by atoms with Crippen LogP contribution >= 0.6 is 0 Å². The smallest absolute Gasteiger partial charge is 0.258 e. The number of carbonyl (C=O) groups excluding carboxylic acids is 1. The average molecular weight is 281 g/mol. The van der Waals surface area contributed by atoms with Crippen LogP contribution in [-0.4, -0.2) is 40.8 Å². The lowest BCUT2D eigenvalue weighted by Crippen LogP contribution is -2.15. The molecule has 8 nitrogen and oxygen atoms in total. The number of hydrogen-bond acceptors (Lipinski definition) is 6. The number of anilines is 1. The van der Waals surface area contributed by atoms with Gasteiger partial charge in [-0.2, -0.15) is 0 Å².